The Kier molecular flexibility index (Phi) is 7.59. The number of halogens is 2. The maximum Gasteiger partial charge on any atom is 0.162 e. The zero-order chi connectivity index (χ0) is 27.6. The smallest absolute Gasteiger partial charge is 0.162 e. The zero-order valence-corrected chi connectivity index (χ0v) is 22.2. The van der Waals surface area contributed by atoms with Crippen LogP contribution in [0.1, 0.15) is 56.9 Å². The van der Waals surface area contributed by atoms with Crippen LogP contribution in [0.3, 0.4) is 0 Å². The SMILES string of the molecule is CC1=C(F)CC=C(F)C(=Nc2cc(-c3nc(NOC4CNCC4O)c4c(C5CCC5)cncc4n3)ccn2)CC1. The molecule has 2 fully saturated rings. The lowest BCUT2D eigenvalue weighted by Crippen LogP contribution is -2.29. The molecule has 4 heterocycles. The van der Waals surface area contributed by atoms with E-state index >= 15 is 0 Å². The summed E-state index contributed by atoms with van der Waals surface area (Å²) in [7, 11) is 0. The molecule has 3 aromatic rings. The molecule has 40 heavy (non-hydrogen) atoms. The lowest BCUT2D eigenvalue weighted by molar-refractivity contribution is 0.0199. The van der Waals surface area contributed by atoms with E-state index in [-0.39, 0.29) is 24.4 Å². The number of pyridine rings is 2. The van der Waals surface area contributed by atoms with Crippen LogP contribution in [0.2, 0.25) is 0 Å². The fourth-order valence-electron chi connectivity index (χ4n) is 5.13. The van der Waals surface area contributed by atoms with Gasteiger partial charge in [0.05, 0.1) is 28.9 Å². The summed E-state index contributed by atoms with van der Waals surface area (Å²) in [5, 5.41) is 14.2. The van der Waals surface area contributed by atoms with Crippen molar-refractivity contribution in [1.29, 1.82) is 0 Å². The number of anilines is 1. The van der Waals surface area contributed by atoms with E-state index in [1.807, 2.05) is 6.20 Å². The highest BCUT2D eigenvalue weighted by Gasteiger charge is 2.28. The van der Waals surface area contributed by atoms with E-state index in [9.17, 15) is 13.9 Å². The van der Waals surface area contributed by atoms with Crippen molar-refractivity contribution in [3.8, 4) is 11.4 Å². The van der Waals surface area contributed by atoms with Crippen LogP contribution < -0.4 is 10.8 Å². The van der Waals surface area contributed by atoms with Gasteiger partial charge < -0.3 is 10.4 Å². The Morgan fingerprint density at radius 3 is 2.80 bits per heavy atom. The number of nitrogens with zero attached hydrogens (tertiary/aromatic N) is 5. The highest BCUT2D eigenvalue weighted by Crippen LogP contribution is 2.41. The molecule has 6 rings (SSSR count). The lowest BCUT2D eigenvalue weighted by Gasteiger charge is -2.27. The van der Waals surface area contributed by atoms with Crippen molar-refractivity contribution in [3.63, 3.8) is 0 Å². The molecule has 3 N–H and O–H groups in total. The Morgan fingerprint density at radius 1 is 1.15 bits per heavy atom. The summed E-state index contributed by atoms with van der Waals surface area (Å²) in [5.41, 5.74) is 6.19. The van der Waals surface area contributed by atoms with Gasteiger partial charge in [-0.05, 0) is 67.9 Å². The number of β-amino-alcohol motifs (C(OH)–C–C–N with tert-alkyl or cyclic N) is 1. The number of rotatable bonds is 6. The molecule has 3 aliphatic rings. The van der Waals surface area contributed by atoms with Crippen molar-refractivity contribution in [2.45, 2.75) is 63.6 Å². The Morgan fingerprint density at radius 2 is 2.02 bits per heavy atom. The molecule has 0 spiro atoms. The molecule has 1 aliphatic heterocycles. The minimum Gasteiger partial charge on any atom is -0.389 e. The van der Waals surface area contributed by atoms with Gasteiger partial charge in [0.25, 0.3) is 0 Å². The molecule has 0 radical (unpaired) electrons. The highest BCUT2D eigenvalue weighted by atomic mass is 19.1. The maximum absolute atomic E-state index is 14.7. The highest BCUT2D eigenvalue weighted by molar-refractivity contribution is 6.00. The molecule has 2 unspecified atom stereocenters. The van der Waals surface area contributed by atoms with Crippen LogP contribution in [0.15, 0.2) is 59.0 Å². The average Bonchev–Trinajstić information content (AvgIpc) is 3.35. The Bertz CT molecular complexity index is 1520. The third-order valence-corrected chi connectivity index (χ3v) is 7.81. The van der Waals surface area contributed by atoms with Gasteiger partial charge in [0.2, 0.25) is 0 Å². The summed E-state index contributed by atoms with van der Waals surface area (Å²) in [4.78, 5) is 28.7. The quantitative estimate of drug-likeness (QED) is 0.352. The van der Waals surface area contributed by atoms with Crippen LogP contribution in [0.5, 0.6) is 0 Å². The normalized spacial score (nSPS) is 23.2. The molecule has 11 heteroatoms. The average molecular weight is 548 g/mol. The molecular weight excluding hydrogens is 516 g/mol. The van der Waals surface area contributed by atoms with Gasteiger partial charge in [-0.2, -0.15) is 0 Å². The third-order valence-electron chi connectivity index (χ3n) is 7.81. The van der Waals surface area contributed by atoms with Gasteiger partial charge in [-0.25, -0.2) is 34.2 Å². The minimum absolute atomic E-state index is 0.0856. The van der Waals surface area contributed by atoms with E-state index in [2.05, 4.69) is 25.8 Å². The fraction of sp³-hybridized carbons (Fsp3) is 0.414. The Labute approximate surface area is 230 Å². The summed E-state index contributed by atoms with van der Waals surface area (Å²) in [6.45, 7) is 2.69. The van der Waals surface area contributed by atoms with Gasteiger partial charge in [-0.15, -0.1) is 0 Å². The van der Waals surface area contributed by atoms with E-state index in [1.54, 1.807) is 31.5 Å². The summed E-state index contributed by atoms with van der Waals surface area (Å²) in [5.74, 6) is 0.728. The third kappa shape index (κ3) is 5.49. The Hall–Kier alpha value is -3.67. The largest absolute Gasteiger partial charge is 0.389 e. The first-order valence-corrected chi connectivity index (χ1v) is 13.7. The monoisotopic (exact) mass is 547 g/mol. The number of aliphatic imine (C=N–C) groups is 1. The second-order valence-electron chi connectivity index (χ2n) is 10.5. The number of nitrogens with one attached hydrogen (secondary N) is 2. The van der Waals surface area contributed by atoms with Crippen molar-refractivity contribution in [2.24, 2.45) is 4.99 Å². The summed E-state index contributed by atoms with van der Waals surface area (Å²) < 4.78 is 28.7. The minimum atomic E-state index is -0.631. The number of aliphatic hydroxyl groups excluding tert-OH is 1. The van der Waals surface area contributed by atoms with Gasteiger partial charge in [-0.3, -0.25) is 9.82 Å². The van der Waals surface area contributed by atoms with Gasteiger partial charge >= 0.3 is 0 Å². The van der Waals surface area contributed by atoms with Crippen LogP contribution in [-0.4, -0.2) is 56.1 Å². The van der Waals surface area contributed by atoms with Crippen molar-refractivity contribution in [3.05, 3.63) is 59.6 Å². The van der Waals surface area contributed by atoms with E-state index in [0.29, 0.717) is 59.5 Å². The van der Waals surface area contributed by atoms with E-state index in [4.69, 9.17) is 14.8 Å². The number of fused-ring (bicyclic) bond motifs is 1. The van der Waals surface area contributed by atoms with E-state index < -0.39 is 18.0 Å². The van der Waals surface area contributed by atoms with Crippen molar-refractivity contribution < 1.29 is 18.7 Å². The van der Waals surface area contributed by atoms with E-state index in [1.165, 1.54) is 12.5 Å². The van der Waals surface area contributed by atoms with Crippen molar-refractivity contribution in [2.75, 3.05) is 18.6 Å². The molecular formula is C29H31F2N7O2. The molecule has 2 atom stereocenters. The predicted octanol–water partition coefficient (Wildman–Crippen LogP) is 5.38. The summed E-state index contributed by atoms with van der Waals surface area (Å²) >= 11 is 0. The molecule has 0 amide bonds. The topological polar surface area (TPSA) is 117 Å². The van der Waals surface area contributed by atoms with E-state index in [0.717, 1.165) is 23.8 Å². The Balaban J connectivity index is 1.36. The van der Waals surface area contributed by atoms with Crippen LogP contribution in [0.4, 0.5) is 20.4 Å². The molecule has 3 aromatic heterocycles. The molecule has 9 nitrogen and oxygen atoms in total. The van der Waals surface area contributed by atoms with Crippen LogP contribution >= 0.6 is 0 Å². The molecule has 2 aliphatic carbocycles. The number of allylic oxidation sites excluding steroid dienone is 4. The summed E-state index contributed by atoms with van der Waals surface area (Å²) in [6, 6.07) is 3.46. The molecule has 0 aromatic carbocycles. The van der Waals surface area contributed by atoms with Gasteiger partial charge in [0.1, 0.15) is 17.8 Å². The van der Waals surface area contributed by atoms with Crippen LogP contribution in [-0.2, 0) is 4.84 Å². The molecule has 1 saturated heterocycles. The lowest BCUT2D eigenvalue weighted by atomic mass is 9.79. The summed E-state index contributed by atoms with van der Waals surface area (Å²) in [6.07, 6.45) is 9.19. The van der Waals surface area contributed by atoms with Gasteiger partial charge in [0, 0.05) is 37.5 Å². The first-order valence-electron chi connectivity index (χ1n) is 13.7. The predicted molar refractivity (Wildman–Crippen MR) is 148 cm³/mol. The second kappa shape index (κ2) is 11.4. The molecule has 0 bridgehead atoms. The number of hydrogen-bond acceptors (Lipinski definition) is 9. The first kappa shape index (κ1) is 26.5. The first-order chi connectivity index (χ1) is 19.5. The van der Waals surface area contributed by atoms with Gasteiger partial charge in [-0.1, -0.05) is 6.42 Å². The maximum atomic E-state index is 14.7. The molecule has 208 valence electrons. The molecule has 1 saturated carbocycles. The number of aromatic nitrogens is 4. The second-order valence-corrected chi connectivity index (χ2v) is 10.5. The van der Waals surface area contributed by atoms with Crippen molar-refractivity contribution >= 4 is 28.3 Å². The van der Waals surface area contributed by atoms with Crippen molar-refractivity contribution in [1.82, 2.24) is 25.3 Å². The van der Waals surface area contributed by atoms with Gasteiger partial charge in [0.15, 0.2) is 17.5 Å². The number of hydrogen-bond donors (Lipinski definition) is 3. The number of aliphatic hydroxyl groups is 1. The fourth-order valence-corrected chi connectivity index (χ4v) is 5.13. The standard InChI is InChI=1S/C29H31F2N7O2/c1-16-5-8-22(21(31)7-6-20(16)30)35-26-11-18(9-10-34-26)28-36-23-13-32-12-19(17-3-2-4-17)27(23)29(37-28)38-40-25-15-33-14-24(25)39/h7,9-13,17,24-25,33,39H,2-6,8,14-15H2,1H3,(H,36,37,38). The van der Waals surface area contributed by atoms with Crippen LogP contribution in [0.25, 0.3) is 22.3 Å². The zero-order valence-electron chi connectivity index (χ0n) is 22.2. The van der Waals surface area contributed by atoms with Crippen LogP contribution in [0, 0.1) is 0 Å².